The SMILES string of the molecule is Cc1ccccc1NC(=O)C(=O)NCCC(O)c1cccs1. The van der Waals surface area contributed by atoms with E-state index in [9.17, 15) is 14.7 Å². The molecule has 1 atom stereocenters. The van der Waals surface area contributed by atoms with E-state index in [1.165, 1.54) is 11.3 Å². The molecule has 22 heavy (non-hydrogen) atoms. The fourth-order valence-electron chi connectivity index (χ4n) is 1.92. The van der Waals surface area contributed by atoms with Crippen LogP contribution in [0.5, 0.6) is 0 Å². The predicted octanol–water partition coefficient (Wildman–Crippen LogP) is 2.23. The van der Waals surface area contributed by atoms with Gasteiger partial charge in [0.25, 0.3) is 0 Å². The summed E-state index contributed by atoms with van der Waals surface area (Å²) in [5, 5.41) is 16.8. The van der Waals surface area contributed by atoms with Gasteiger partial charge in [-0.25, -0.2) is 0 Å². The Bertz CT molecular complexity index is 641. The van der Waals surface area contributed by atoms with Crippen LogP contribution in [-0.4, -0.2) is 23.5 Å². The van der Waals surface area contributed by atoms with Crippen molar-refractivity contribution in [1.29, 1.82) is 0 Å². The number of thiophene rings is 1. The summed E-state index contributed by atoms with van der Waals surface area (Å²) in [7, 11) is 0. The smallest absolute Gasteiger partial charge is 0.313 e. The van der Waals surface area contributed by atoms with Gasteiger partial charge in [-0.2, -0.15) is 0 Å². The van der Waals surface area contributed by atoms with Crippen molar-refractivity contribution < 1.29 is 14.7 Å². The molecule has 1 unspecified atom stereocenters. The zero-order chi connectivity index (χ0) is 15.9. The van der Waals surface area contributed by atoms with Gasteiger partial charge in [-0.3, -0.25) is 9.59 Å². The van der Waals surface area contributed by atoms with E-state index in [2.05, 4.69) is 10.6 Å². The van der Waals surface area contributed by atoms with Gasteiger partial charge >= 0.3 is 11.8 Å². The third kappa shape index (κ3) is 4.41. The van der Waals surface area contributed by atoms with Crippen LogP contribution < -0.4 is 10.6 Å². The molecule has 1 heterocycles. The lowest BCUT2D eigenvalue weighted by molar-refractivity contribution is -0.136. The van der Waals surface area contributed by atoms with Gasteiger partial charge in [0, 0.05) is 17.1 Å². The van der Waals surface area contributed by atoms with E-state index < -0.39 is 17.9 Å². The first-order valence-corrected chi connectivity index (χ1v) is 7.82. The first-order valence-electron chi connectivity index (χ1n) is 6.94. The van der Waals surface area contributed by atoms with E-state index in [1.54, 1.807) is 12.1 Å². The Morgan fingerprint density at radius 1 is 1.18 bits per heavy atom. The number of aliphatic hydroxyl groups is 1. The second kappa shape index (κ2) is 7.72. The third-order valence-corrected chi connectivity index (χ3v) is 4.15. The summed E-state index contributed by atoms with van der Waals surface area (Å²) in [6.45, 7) is 2.09. The first kappa shape index (κ1) is 16.2. The summed E-state index contributed by atoms with van der Waals surface area (Å²) >= 11 is 1.46. The topological polar surface area (TPSA) is 78.4 Å². The molecule has 0 saturated carbocycles. The molecule has 3 N–H and O–H groups in total. The van der Waals surface area contributed by atoms with Crippen LogP contribution in [0.1, 0.15) is 23.0 Å². The molecule has 0 aliphatic heterocycles. The fourth-order valence-corrected chi connectivity index (χ4v) is 2.66. The maximum Gasteiger partial charge on any atom is 0.313 e. The number of rotatable bonds is 5. The van der Waals surface area contributed by atoms with Gasteiger partial charge in [-0.15, -0.1) is 11.3 Å². The molecule has 2 amide bonds. The zero-order valence-electron chi connectivity index (χ0n) is 12.2. The van der Waals surface area contributed by atoms with E-state index >= 15 is 0 Å². The third-order valence-electron chi connectivity index (χ3n) is 3.17. The van der Waals surface area contributed by atoms with Crippen LogP contribution in [0.25, 0.3) is 0 Å². The van der Waals surface area contributed by atoms with E-state index in [4.69, 9.17) is 0 Å². The van der Waals surface area contributed by atoms with Crippen LogP contribution in [-0.2, 0) is 9.59 Å². The number of carbonyl (C=O) groups is 2. The lowest BCUT2D eigenvalue weighted by atomic mass is 10.2. The first-order chi connectivity index (χ1) is 10.6. The molecule has 0 bridgehead atoms. The van der Waals surface area contributed by atoms with Crippen molar-refractivity contribution in [2.24, 2.45) is 0 Å². The van der Waals surface area contributed by atoms with Gasteiger partial charge in [0.2, 0.25) is 0 Å². The van der Waals surface area contributed by atoms with Crippen LogP contribution in [0.3, 0.4) is 0 Å². The Labute approximate surface area is 133 Å². The van der Waals surface area contributed by atoms with Crippen molar-refractivity contribution in [3.63, 3.8) is 0 Å². The number of carbonyl (C=O) groups excluding carboxylic acids is 2. The number of aryl methyl sites for hydroxylation is 1. The van der Waals surface area contributed by atoms with E-state index in [0.717, 1.165) is 10.4 Å². The van der Waals surface area contributed by atoms with Gasteiger partial charge in [-0.1, -0.05) is 24.3 Å². The van der Waals surface area contributed by atoms with E-state index in [1.807, 2.05) is 36.6 Å². The van der Waals surface area contributed by atoms with E-state index in [0.29, 0.717) is 12.1 Å². The minimum absolute atomic E-state index is 0.235. The molecule has 1 aromatic heterocycles. The number of hydrogen-bond acceptors (Lipinski definition) is 4. The van der Waals surface area contributed by atoms with Crippen molar-refractivity contribution >= 4 is 28.8 Å². The Morgan fingerprint density at radius 3 is 2.64 bits per heavy atom. The number of nitrogens with one attached hydrogen (secondary N) is 2. The highest BCUT2D eigenvalue weighted by atomic mass is 32.1. The van der Waals surface area contributed by atoms with Crippen molar-refractivity contribution in [3.05, 3.63) is 52.2 Å². The fraction of sp³-hybridized carbons (Fsp3) is 0.250. The molecule has 2 aromatic rings. The standard InChI is InChI=1S/C16H18N2O3S/c1-11-5-2-3-6-12(11)18-16(21)15(20)17-9-8-13(19)14-7-4-10-22-14/h2-7,10,13,19H,8-9H2,1H3,(H,17,20)(H,18,21). The second-order valence-electron chi connectivity index (χ2n) is 4.84. The van der Waals surface area contributed by atoms with Gasteiger partial charge in [0.1, 0.15) is 0 Å². The maximum absolute atomic E-state index is 11.8. The van der Waals surface area contributed by atoms with Crippen molar-refractivity contribution in [2.75, 3.05) is 11.9 Å². The molecule has 6 heteroatoms. The summed E-state index contributed by atoms with van der Waals surface area (Å²) in [6.07, 6.45) is -0.260. The number of anilines is 1. The predicted molar refractivity (Wildman–Crippen MR) is 86.7 cm³/mol. The Hall–Kier alpha value is -2.18. The van der Waals surface area contributed by atoms with Crippen LogP contribution in [0, 0.1) is 6.92 Å². The normalized spacial score (nSPS) is 11.7. The summed E-state index contributed by atoms with van der Waals surface area (Å²) < 4.78 is 0. The molecular formula is C16H18N2O3S. The molecular weight excluding hydrogens is 300 g/mol. The molecule has 0 fully saturated rings. The van der Waals surface area contributed by atoms with Crippen LogP contribution in [0.2, 0.25) is 0 Å². The molecule has 2 rings (SSSR count). The van der Waals surface area contributed by atoms with Crippen molar-refractivity contribution in [3.8, 4) is 0 Å². The quantitative estimate of drug-likeness (QED) is 0.740. The number of aliphatic hydroxyl groups excluding tert-OH is 1. The van der Waals surface area contributed by atoms with Crippen LogP contribution in [0.4, 0.5) is 5.69 Å². The van der Waals surface area contributed by atoms with E-state index in [-0.39, 0.29) is 6.54 Å². The average Bonchev–Trinajstić information content (AvgIpc) is 3.03. The number of hydrogen-bond donors (Lipinski definition) is 3. The number of para-hydroxylation sites is 1. The van der Waals surface area contributed by atoms with Gasteiger partial charge in [0.15, 0.2) is 0 Å². The summed E-state index contributed by atoms with van der Waals surface area (Å²) in [6, 6.07) is 10.9. The monoisotopic (exact) mass is 318 g/mol. The molecule has 0 saturated heterocycles. The highest BCUT2D eigenvalue weighted by molar-refractivity contribution is 7.10. The summed E-state index contributed by atoms with van der Waals surface area (Å²) in [5.74, 6) is -1.42. The molecule has 0 radical (unpaired) electrons. The maximum atomic E-state index is 11.8. The number of benzene rings is 1. The van der Waals surface area contributed by atoms with Crippen LogP contribution >= 0.6 is 11.3 Å². The lowest BCUT2D eigenvalue weighted by Crippen LogP contribution is -2.36. The minimum Gasteiger partial charge on any atom is -0.388 e. The van der Waals surface area contributed by atoms with Gasteiger partial charge in [-0.05, 0) is 36.4 Å². The summed E-state index contributed by atoms with van der Waals surface area (Å²) in [4.78, 5) is 24.4. The lowest BCUT2D eigenvalue weighted by Gasteiger charge is -2.10. The number of amides is 2. The summed E-state index contributed by atoms with van der Waals surface area (Å²) in [5.41, 5.74) is 1.50. The minimum atomic E-state index is -0.708. The largest absolute Gasteiger partial charge is 0.388 e. The highest BCUT2D eigenvalue weighted by Gasteiger charge is 2.15. The molecule has 116 valence electrons. The molecule has 0 aliphatic rings. The Kier molecular flexibility index (Phi) is 5.68. The Morgan fingerprint density at radius 2 is 1.95 bits per heavy atom. The average molecular weight is 318 g/mol. The molecule has 5 nitrogen and oxygen atoms in total. The Balaban J connectivity index is 1.77. The van der Waals surface area contributed by atoms with Crippen LogP contribution in [0.15, 0.2) is 41.8 Å². The molecule has 1 aromatic carbocycles. The molecule has 0 aliphatic carbocycles. The van der Waals surface area contributed by atoms with Crippen molar-refractivity contribution in [2.45, 2.75) is 19.4 Å². The second-order valence-corrected chi connectivity index (χ2v) is 5.82. The van der Waals surface area contributed by atoms with Crippen molar-refractivity contribution in [1.82, 2.24) is 5.32 Å². The zero-order valence-corrected chi connectivity index (χ0v) is 13.0. The van der Waals surface area contributed by atoms with Gasteiger partial charge < -0.3 is 15.7 Å². The van der Waals surface area contributed by atoms with Gasteiger partial charge in [0.05, 0.1) is 6.10 Å². The highest BCUT2D eigenvalue weighted by Crippen LogP contribution is 2.20. The molecule has 0 spiro atoms.